The second kappa shape index (κ2) is 4.51. The fraction of sp³-hybridized carbons (Fsp3) is 0.500. The second-order valence-electron chi connectivity index (χ2n) is 3.67. The quantitative estimate of drug-likeness (QED) is 0.890. The Hall–Kier alpha value is -0.580. The van der Waals surface area contributed by atoms with Crippen molar-refractivity contribution in [3.05, 3.63) is 21.3 Å². The molecular weight excluding hydrogens is 234 g/mol. The first-order chi connectivity index (χ1) is 7.18. The maximum Gasteiger partial charge on any atom is 0.317 e. The number of carboxylic acids is 1. The molecule has 15 heavy (non-hydrogen) atoms. The zero-order valence-electron chi connectivity index (χ0n) is 8.15. The molecule has 5 heteroatoms. The Balaban J connectivity index is 2.14. The monoisotopic (exact) mass is 245 g/mol. The van der Waals surface area contributed by atoms with E-state index in [2.05, 4.69) is 0 Å². The summed E-state index contributed by atoms with van der Waals surface area (Å²) in [7, 11) is 0. The third-order valence-electron chi connectivity index (χ3n) is 2.71. The van der Waals surface area contributed by atoms with Crippen molar-refractivity contribution in [3.63, 3.8) is 0 Å². The predicted octanol–water partition coefficient (Wildman–Crippen LogP) is 2.62. The molecule has 82 valence electrons. The van der Waals surface area contributed by atoms with Gasteiger partial charge in [0.15, 0.2) is 0 Å². The molecule has 1 aromatic heterocycles. The molecular formula is C10H12ClNO2S. The average Bonchev–Trinajstić information content (AvgIpc) is 2.73. The smallest absolute Gasteiger partial charge is 0.317 e. The maximum absolute atomic E-state index is 10.7. The highest BCUT2D eigenvalue weighted by atomic mass is 35.5. The van der Waals surface area contributed by atoms with Crippen LogP contribution in [0.2, 0.25) is 4.34 Å². The molecule has 3 nitrogen and oxygen atoms in total. The van der Waals surface area contributed by atoms with Crippen LogP contribution in [0.3, 0.4) is 0 Å². The standard InChI is InChI=1S/C10H12ClNO2S/c11-10-7(3-5-15-10)8-2-1-4-12(8)6-9(13)14/h3,5,8H,1-2,4,6H2,(H,13,14). The Morgan fingerprint density at radius 2 is 2.53 bits per heavy atom. The molecule has 0 spiro atoms. The highest BCUT2D eigenvalue weighted by Crippen LogP contribution is 2.37. The Labute approximate surface area is 97.3 Å². The van der Waals surface area contributed by atoms with Crippen LogP contribution in [-0.4, -0.2) is 29.1 Å². The Bertz CT molecular complexity index is 366. The van der Waals surface area contributed by atoms with E-state index >= 15 is 0 Å². The van der Waals surface area contributed by atoms with Gasteiger partial charge in [0.2, 0.25) is 0 Å². The second-order valence-corrected chi connectivity index (χ2v) is 5.19. The van der Waals surface area contributed by atoms with Gasteiger partial charge in [0.25, 0.3) is 0 Å². The lowest BCUT2D eigenvalue weighted by Gasteiger charge is -2.22. The van der Waals surface area contributed by atoms with Gasteiger partial charge in [-0.25, -0.2) is 0 Å². The minimum Gasteiger partial charge on any atom is -0.480 e. The highest BCUT2D eigenvalue weighted by Gasteiger charge is 2.29. The molecule has 0 aromatic carbocycles. The molecule has 1 N–H and O–H groups in total. The highest BCUT2D eigenvalue weighted by molar-refractivity contribution is 7.14. The van der Waals surface area contributed by atoms with Crippen molar-refractivity contribution in [1.82, 2.24) is 4.90 Å². The van der Waals surface area contributed by atoms with E-state index in [4.69, 9.17) is 16.7 Å². The van der Waals surface area contributed by atoms with Gasteiger partial charge < -0.3 is 5.11 Å². The van der Waals surface area contributed by atoms with E-state index in [0.29, 0.717) is 0 Å². The van der Waals surface area contributed by atoms with Crippen LogP contribution in [0.4, 0.5) is 0 Å². The molecule has 1 atom stereocenters. The number of rotatable bonds is 3. The van der Waals surface area contributed by atoms with Crippen molar-refractivity contribution in [2.24, 2.45) is 0 Å². The van der Waals surface area contributed by atoms with E-state index in [0.717, 1.165) is 29.3 Å². The van der Waals surface area contributed by atoms with E-state index in [1.807, 2.05) is 16.3 Å². The molecule has 1 aliphatic rings. The molecule has 1 saturated heterocycles. The van der Waals surface area contributed by atoms with Gasteiger partial charge in [0.05, 0.1) is 10.9 Å². The molecule has 2 rings (SSSR count). The van der Waals surface area contributed by atoms with Crippen LogP contribution in [-0.2, 0) is 4.79 Å². The third-order valence-corrected chi connectivity index (χ3v) is 3.91. The number of nitrogens with zero attached hydrogens (tertiary/aromatic N) is 1. The number of aliphatic carboxylic acids is 1. The lowest BCUT2D eigenvalue weighted by Crippen LogP contribution is -2.29. The largest absolute Gasteiger partial charge is 0.480 e. The van der Waals surface area contributed by atoms with E-state index in [-0.39, 0.29) is 12.6 Å². The van der Waals surface area contributed by atoms with Gasteiger partial charge in [0.1, 0.15) is 0 Å². The lowest BCUT2D eigenvalue weighted by atomic mass is 10.1. The number of halogens is 1. The van der Waals surface area contributed by atoms with Gasteiger partial charge in [-0.3, -0.25) is 9.69 Å². The van der Waals surface area contributed by atoms with Crippen molar-refractivity contribution in [2.75, 3.05) is 13.1 Å². The van der Waals surface area contributed by atoms with Gasteiger partial charge in [-0.15, -0.1) is 11.3 Å². The molecule has 1 fully saturated rings. The minimum atomic E-state index is -0.770. The first-order valence-electron chi connectivity index (χ1n) is 4.87. The molecule has 0 saturated carbocycles. The third kappa shape index (κ3) is 2.33. The van der Waals surface area contributed by atoms with E-state index in [1.165, 1.54) is 11.3 Å². The molecule has 0 aliphatic carbocycles. The summed E-state index contributed by atoms with van der Waals surface area (Å²) < 4.78 is 0.789. The molecule has 0 radical (unpaired) electrons. The zero-order valence-corrected chi connectivity index (χ0v) is 9.72. The van der Waals surface area contributed by atoms with Crippen LogP contribution in [0.15, 0.2) is 11.4 Å². The number of carbonyl (C=O) groups is 1. The first kappa shape index (κ1) is 10.9. The molecule has 0 amide bonds. The average molecular weight is 246 g/mol. The number of thiophene rings is 1. The predicted molar refractivity (Wildman–Crippen MR) is 60.5 cm³/mol. The number of hydrogen-bond donors (Lipinski definition) is 1. The molecule has 1 aromatic rings. The topological polar surface area (TPSA) is 40.5 Å². The normalized spacial score (nSPS) is 22.1. The Morgan fingerprint density at radius 3 is 3.13 bits per heavy atom. The van der Waals surface area contributed by atoms with Crippen molar-refractivity contribution in [1.29, 1.82) is 0 Å². The number of carboxylic acid groups (broad SMARTS) is 1. The molecule has 0 bridgehead atoms. The zero-order chi connectivity index (χ0) is 10.8. The van der Waals surface area contributed by atoms with Crippen LogP contribution in [0.5, 0.6) is 0 Å². The Kier molecular flexibility index (Phi) is 3.29. The summed E-state index contributed by atoms with van der Waals surface area (Å²) in [5, 5.41) is 10.7. The fourth-order valence-corrected chi connectivity index (χ4v) is 3.10. The van der Waals surface area contributed by atoms with Crippen molar-refractivity contribution in [2.45, 2.75) is 18.9 Å². The molecule has 2 heterocycles. The number of likely N-dealkylation sites (tertiary alicyclic amines) is 1. The summed E-state index contributed by atoms with van der Waals surface area (Å²) >= 11 is 7.57. The van der Waals surface area contributed by atoms with Crippen LogP contribution in [0.1, 0.15) is 24.4 Å². The lowest BCUT2D eigenvalue weighted by molar-refractivity contribution is -0.138. The first-order valence-corrected chi connectivity index (χ1v) is 6.13. The summed E-state index contributed by atoms with van der Waals surface area (Å²) in [6, 6.07) is 2.19. The van der Waals surface area contributed by atoms with E-state index in [1.54, 1.807) is 0 Å². The minimum absolute atomic E-state index is 0.108. The fourth-order valence-electron chi connectivity index (χ4n) is 2.08. The van der Waals surface area contributed by atoms with Gasteiger partial charge in [-0.05, 0) is 36.4 Å². The summed E-state index contributed by atoms with van der Waals surface area (Å²) in [5.41, 5.74) is 1.08. The van der Waals surface area contributed by atoms with Gasteiger partial charge >= 0.3 is 5.97 Å². The van der Waals surface area contributed by atoms with Gasteiger partial charge in [-0.1, -0.05) is 11.6 Å². The molecule has 1 unspecified atom stereocenters. The van der Waals surface area contributed by atoms with Crippen LogP contribution < -0.4 is 0 Å². The van der Waals surface area contributed by atoms with E-state index < -0.39 is 5.97 Å². The van der Waals surface area contributed by atoms with Gasteiger partial charge in [-0.2, -0.15) is 0 Å². The van der Waals surface area contributed by atoms with Gasteiger partial charge in [0, 0.05) is 6.04 Å². The number of hydrogen-bond acceptors (Lipinski definition) is 3. The molecule has 1 aliphatic heterocycles. The Morgan fingerprint density at radius 1 is 1.73 bits per heavy atom. The summed E-state index contributed by atoms with van der Waals surface area (Å²) in [5.74, 6) is -0.770. The summed E-state index contributed by atoms with van der Waals surface area (Å²) in [4.78, 5) is 12.7. The summed E-state index contributed by atoms with van der Waals surface area (Å²) in [6.45, 7) is 0.958. The SMILES string of the molecule is O=C(O)CN1CCCC1c1ccsc1Cl. The van der Waals surface area contributed by atoms with Crippen molar-refractivity contribution in [3.8, 4) is 0 Å². The van der Waals surface area contributed by atoms with Crippen LogP contribution in [0, 0.1) is 0 Å². The van der Waals surface area contributed by atoms with E-state index in [9.17, 15) is 4.79 Å². The van der Waals surface area contributed by atoms with Crippen molar-refractivity contribution >= 4 is 28.9 Å². The van der Waals surface area contributed by atoms with Crippen LogP contribution >= 0.6 is 22.9 Å². The van der Waals surface area contributed by atoms with Crippen LogP contribution in [0.25, 0.3) is 0 Å². The van der Waals surface area contributed by atoms with Crippen molar-refractivity contribution < 1.29 is 9.90 Å². The maximum atomic E-state index is 10.7. The summed E-state index contributed by atoms with van der Waals surface area (Å²) in [6.07, 6.45) is 2.05.